The van der Waals surface area contributed by atoms with E-state index in [1.54, 1.807) is 0 Å². The summed E-state index contributed by atoms with van der Waals surface area (Å²) in [6.07, 6.45) is 8.87. The average Bonchev–Trinajstić information content (AvgIpc) is 3.72. The Kier molecular flexibility index (Phi) is 8.76. The largest absolute Gasteiger partial charge is 2.00 e. The van der Waals surface area contributed by atoms with Crippen molar-refractivity contribution in [3.05, 3.63) is 78.4 Å². The standard InChI is InChI=1S/C35H37N4O5.Mg/c1-8-19-15(3)22-12-24-17(5)21(10-11-28(40)41)32(38-24)30-31(35(43)44-7)34(42)29-18(6)25(39-33(29)30)14-27-20(9-2)16(4)23(37-27)13-26(19)36-22;/h8,12-14,17,21,31-32,38,42H,1,9-11H2,2-7H3,(H,40,41);/q-3;+2/b23-13-,24-12-,27-14-;/t17-,21-,31+,32?;/m0./s1. The van der Waals surface area contributed by atoms with Gasteiger partial charge in [-0.1, -0.05) is 67.0 Å². The molecule has 0 radical (unpaired) electrons. The van der Waals surface area contributed by atoms with Crippen molar-refractivity contribution in [1.82, 2.24) is 20.3 Å². The molecule has 0 aromatic carbocycles. The predicted molar refractivity (Wildman–Crippen MR) is 174 cm³/mol. The Bertz CT molecular complexity index is 2030. The first-order valence-corrected chi connectivity index (χ1v) is 15.0. The molecule has 6 rings (SSSR count). The number of carbonyl (C=O) groups is 2. The molecule has 0 amide bonds. The van der Waals surface area contributed by atoms with Crippen molar-refractivity contribution in [1.29, 1.82) is 0 Å². The molecule has 8 bridgehead atoms. The number of carbonyl (C=O) groups excluding carboxylic acids is 1. The van der Waals surface area contributed by atoms with E-state index in [2.05, 4.69) is 32.7 Å². The van der Waals surface area contributed by atoms with Crippen molar-refractivity contribution >= 4 is 70.6 Å². The number of allylic oxidation sites excluding steroid dienone is 1. The molecule has 1 aliphatic carbocycles. The minimum atomic E-state index is -1.05. The third-order valence-electron chi connectivity index (χ3n) is 9.78. The molecule has 4 atom stereocenters. The molecule has 9 nitrogen and oxygen atoms in total. The van der Waals surface area contributed by atoms with Gasteiger partial charge in [0.25, 0.3) is 0 Å². The van der Waals surface area contributed by atoms with Crippen LogP contribution in [0.5, 0.6) is 0 Å². The Labute approximate surface area is 277 Å². The summed E-state index contributed by atoms with van der Waals surface area (Å²) in [4.78, 5) is 40.0. The van der Waals surface area contributed by atoms with Gasteiger partial charge in [0, 0.05) is 23.3 Å². The van der Waals surface area contributed by atoms with E-state index in [-0.39, 0.29) is 47.1 Å². The van der Waals surface area contributed by atoms with E-state index in [1.807, 2.05) is 38.2 Å². The van der Waals surface area contributed by atoms with Crippen LogP contribution < -0.4 is 41.5 Å². The Morgan fingerprint density at radius 1 is 1.02 bits per heavy atom. The number of methoxy groups -OCH3 is 1. The molecule has 2 aliphatic heterocycles. The van der Waals surface area contributed by atoms with Crippen molar-refractivity contribution in [2.24, 2.45) is 17.8 Å². The van der Waals surface area contributed by atoms with Crippen LogP contribution in [-0.2, 0) is 20.7 Å². The van der Waals surface area contributed by atoms with E-state index < -0.39 is 23.9 Å². The third kappa shape index (κ3) is 5.08. The maximum absolute atomic E-state index is 13.3. The molecular formula is C35H37MgN4O5-. The molecule has 0 saturated carbocycles. The third-order valence-corrected chi connectivity index (χ3v) is 9.78. The zero-order chi connectivity index (χ0) is 31.6. The first kappa shape index (κ1) is 32.5. The van der Waals surface area contributed by atoms with Crippen molar-refractivity contribution in [2.75, 3.05) is 7.11 Å². The molecule has 230 valence electrons. The number of rotatable bonds is 6. The average molecular weight is 618 g/mol. The smallest absolute Gasteiger partial charge is 0.657 e. The second-order valence-electron chi connectivity index (χ2n) is 12.0. The molecule has 0 spiro atoms. The summed E-state index contributed by atoms with van der Waals surface area (Å²) < 4.78 is 5.18. The maximum Gasteiger partial charge on any atom is 2.00 e. The molecule has 1 unspecified atom stereocenters. The van der Waals surface area contributed by atoms with Gasteiger partial charge in [-0.25, -0.2) is 0 Å². The topological polar surface area (TPSA) is 138 Å². The second-order valence-corrected chi connectivity index (χ2v) is 12.0. The van der Waals surface area contributed by atoms with Crippen LogP contribution in [0.2, 0.25) is 0 Å². The summed E-state index contributed by atoms with van der Waals surface area (Å²) in [6, 6.07) is -0.476. The zero-order valence-electron chi connectivity index (χ0n) is 26.6. The van der Waals surface area contributed by atoms with Gasteiger partial charge in [-0.2, -0.15) is 0 Å². The number of esters is 1. The van der Waals surface area contributed by atoms with Gasteiger partial charge in [0.05, 0.1) is 13.2 Å². The van der Waals surface area contributed by atoms with Crippen LogP contribution in [0.1, 0.15) is 71.6 Å². The Balaban J connectivity index is 0.00000400. The van der Waals surface area contributed by atoms with Gasteiger partial charge >= 0.3 is 35.0 Å². The SMILES string of the molecule is C=Cc1c2[n-]c(c1C)/C=C1\NC(C3=c4[n-]c(c(C)c4=C(O)[C@@H]3C(=O)OC)/C=c3\[n-]/c(c(C)c3CC)=C\2)[C@@H](CCC(=O)O)[C@@H]1C.[Mg+2]. The van der Waals surface area contributed by atoms with Crippen LogP contribution in [-0.4, -0.2) is 58.4 Å². The Morgan fingerprint density at radius 3 is 2.36 bits per heavy atom. The fraction of sp³-hybridized carbons (Fsp3) is 0.371. The summed E-state index contributed by atoms with van der Waals surface area (Å²) in [7, 11) is 1.30. The molecule has 3 aromatic rings. The van der Waals surface area contributed by atoms with Crippen LogP contribution in [0.15, 0.2) is 12.3 Å². The van der Waals surface area contributed by atoms with E-state index in [4.69, 9.17) is 19.7 Å². The van der Waals surface area contributed by atoms with Crippen LogP contribution in [0.25, 0.3) is 35.6 Å². The van der Waals surface area contributed by atoms with E-state index >= 15 is 0 Å². The van der Waals surface area contributed by atoms with E-state index in [9.17, 15) is 19.8 Å². The minimum Gasteiger partial charge on any atom is -0.657 e. The Morgan fingerprint density at radius 2 is 1.71 bits per heavy atom. The van der Waals surface area contributed by atoms with E-state index in [1.165, 1.54) is 7.11 Å². The molecule has 3 aromatic heterocycles. The summed E-state index contributed by atoms with van der Waals surface area (Å²) in [5.74, 6) is -2.93. The van der Waals surface area contributed by atoms with Crippen molar-refractivity contribution in [2.45, 2.75) is 59.9 Å². The summed E-state index contributed by atoms with van der Waals surface area (Å²) in [5.41, 5.74) is 8.50. The summed E-state index contributed by atoms with van der Waals surface area (Å²) in [6.45, 7) is 14.2. The summed E-state index contributed by atoms with van der Waals surface area (Å²) >= 11 is 0. The number of nitrogens with zero attached hydrogens (tertiary/aromatic N) is 3. The fourth-order valence-electron chi connectivity index (χ4n) is 7.32. The van der Waals surface area contributed by atoms with Crippen molar-refractivity contribution in [3.63, 3.8) is 0 Å². The van der Waals surface area contributed by atoms with Gasteiger partial charge in [-0.05, 0) is 50.7 Å². The predicted octanol–water partition coefficient (Wildman–Crippen LogP) is 1.03. The number of hydrogen-bond acceptors (Lipinski definition) is 5. The number of aliphatic carboxylic acids is 1. The van der Waals surface area contributed by atoms with Gasteiger partial charge in [0.1, 0.15) is 11.7 Å². The van der Waals surface area contributed by atoms with Crippen LogP contribution >= 0.6 is 0 Å². The van der Waals surface area contributed by atoms with E-state index in [0.717, 1.165) is 62.0 Å². The van der Waals surface area contributed by atoms with Gasteiger partial charge in [0.2, 0.25) is 0 Å². The maximum atomic E-state index is 13.3. The van der Waals surface area contributed by atoms with E-state index in [0.29, 0.717) is 28.3 Å². The van der Waals surface area contributed by atoms with Crippen molar-refractivity contribution < 1.29 is 24.5 Å². The first-order chi connectivity index (χ1) is 21.0. The zero-order valence-corrected chi connectivity index (χ0v) is 28.0. The number of aliphatic hydroxyl groups is 1. The fourth-order valence-corrected chi connectivity index (χ4v) is 7.32. The number of nitrogens with one attached hydrogen (secondary N) is 1. The van der Waals surface area contributed by atoms with Gasteiger partial charge in [-0.15, -0.1) is 33.1 Å². The monoisotopic (exact) mass is 617 g/mol. The first-order valence-electron chi connectivity index (χ1n) is 15.0. The number of carboxylic acids is 1. The molecule has 3 N–H and O–H groups in total. The van der Waals surface area contributed by atoms with Crippen LogP contribution in [0.4, 0.5) is 0 Å². The normalized spacial score (nSPS) is 24.0. The number of carboxylic acid groups (broad SMARTS) is 1. The second kappa shape index (κ2) is 12.1. The molecule has 10 heteroatoms. The van der Waals surface area contributed by atoms with Crippen LogP contribution in [0.3, 0.4) is 0 Å². The Hall–Kier alpha value is -3.89. The molecule has 3 aliphatic rings. The number of ether oxygens (including phenoxy) is 1. The van der Waals surface area contributed by atoms with Gasteiger partial charge in [-0.3, -0.25) is 9.59 Å². The quantitative estimate of drug-likeness (QED) is 0.274. The number of fused-ring (bicyclic) bond motifs is 8. The van der Waals surface area contributed by atoms with Crippen LogP contribution in [0, 0.1) is 38.5 Å². The molecular weight excluding hydrogens is 581 g/mol. The van der Waals surface area contributed by atoms with Gasteiger partial charge in [0.15, 0.2) is 0 Å². The number of aromatic nitrogens is 3. The number of hydrogen-bond donors (Lipinski definition) is 3. The molecule has 1 fully saturated rings. The molecule has 1 saturated heterocycles. The van der Waals surface area contributed by atoms with Gasteiger partial charge < -0.3 is 35.2 Å². The minimum absolute atomic E-state index is 0. The number of aliphatic hydroxyl groups excluding tert-OH is 1. The summed E-state index contributed by atoms with van der Waals surface area (Å²) in [5, 5.41) is 27.5. The molecule has 5 heterocycles. The molecule has 45 heavy (non-hydrogen) atoms. The van der Waals surface area contributed by atoms with Crippen molar-refractivity contribution in [3.8, 4) is 0 Å².